The summed E-state index contributed by atoms with van der Waals surface area (Å²) in [4.78, 5) is 60.1. The largest absolute Gasteiger partial charge is 0.467 e. The molecule has 0 saturated carbocycles. The van der Waals surface area contributed by atoms with Gasteiger partial charge in [0, 0.05) is 36.1 Å². The third-order valence-electron chi connectivity index (χ3n) is 9.35. The van der Waals surface area contributed by atoms with Crippen LogP contribution in [0.25, 0.3) is 10.9 Å². The van der Waals surface area contributed by atoms with Crippen molar-refractivity contribution in [2.75, 3.05) is 14.2 Å². The Morgan fingerprint density at radius 2 is 1.21 bits per heavy atom. The predicted molar refractivity (Wildman–Crippen MR) is 200 cm³/mol. The van der Waals surface area contributed by atoms with Crippen LogP contribution in [0.15, 0.2) is 152 Å². The maximum absolute atomic E-state index is 14.4. The van der Waals surface area contributed by atoms with Gasteiger partial charge in [-0.05, 0) is 40.5 Å². The first-order valence-corrected chi connectivity index (χ1v) is 17.0. The Morgan fingerprint density at radius 3 is 1.75 bits per heavy atom. The summed E-state index contributed by atoms with van der Waals surface area (Å²) in [5, 5.41) is 7.05. The Morgan fingerprint density at radius 1 is 0.712 bits per heavy atom. The summed E-state index contributed by atoms with van der Waals surface area (Å²) >= 11 is 0. The number of para-hydroxylation sites is 1. The number of H-pyrrole nitrogens is 1. The number of aromatic amines is 1. The molecule has 0 fully saturated rings. The Balaban J connectivity index is 1.33. The molecular formula is C43H40N4O5. The molecule has 9 nitrogen and oxygen atoms in total. The zero-order valence-electron chi connectivity index (χ0n) is 29.0. The Kier molecular flexibility index (Phi) is 10.9. The van der Waals surface area contributed by atoms with Crippen molar-refractivity contribution in [2.24, 2.45) is 0 Å². The third kappa shape index (κ3) is 7.49. The van der Waals surface area contributed by atoms with E-state index in [-0.39, 0.29) is 6.42 Å². The van der Waals surface area contributed by atoms with Crippen LogP contribution < -0.4 is 10.6 Å². The van der Waals surface area contributed by atoms with Gasteiger partial charge in [0.2, 0.25) is 11.8 Å². The molecule has 6 aromatic rings. The molecule has 9 heteroatoms. The van der Waals surface area contributed by atoms with Crippen LogP contribution in [0.3, 0.4) is 0 Å². The molecule has 3 N–H and O–H groups in total. The lowest BCUT2D eigenvalue weighted by Crippen LogP contribution is -2.55. The molecule has 0 aliphatic carbocycles. The molecule has 0 unspecified atom stereocenters. The van der Waals surface area contributed by atoms with E-state index in [9.17, 15) is 19.2 Å². The Hall–Kier alpha value is -6.48. The van der Waals surface area contributed by atoms with E-state index in [0.717, 1.165) is 33.2 Å². The fraction of sp³-hybridized carbons (Fsp3) is 0.163. The number of carbonyl (C=O) groups is 4. The van der Waals surface area contributed by atoms with Gasteiger partial charge in [0.05, 0.1) is 13.5 Å². The van der Waals surface area contributed by atoms with E-state index < -0.39 is 47.7 Å². The van der Waals surface area contributed by atoms with Crippen molar-refractivity contribution in [1.82, 2.24) is 20.5 Å². The van der Waals surface area contributed by atoms with Gasteiger partial charge in [-0.15, -0.1) is 0 Å². The van der Waals surface area contributed by atoms with Gasteiger partial charge in [-0.3, -0.25) is 14.4 Å². The number of hydrogen-bond donors (Lipinski definition) is 3. The minimum absolute atomic E-state index is 0.130. The minimum Gasteiger partial charge on any atom is -0.467 e. The van der Waals surface area contributed by atoms with E-state index >= 15 is 0 Å². The van der Waals surface area contributed by atoms with Crippen molar-refractivity contribution in [2.45, 2.75) is 30.5 Å². The highest BCUT2D eigenvalue weighted by atomic mass is 16.5. The molecule has 1 heterocycles. The molecular weight excluding hydrogens is 652 g/mol. The van der Waals surface area contributed by atoms with Crippen LogP contribution in [0.5, 0.6) is 0 Å². The molecule has 262 valence electrons. The fourth-order valence-electron chi connectivity index (χ4n) is 6.68. The number of nitrogens with zero attached hydrogens (tertiary/aromatic N) is 1. The van der Waals surface area contributed by atoms with Crippen molar-refractivity contribution in [3.63, 3.8) is 0 Å². The first-order valence-electron chi connectivity index (χ1n) is 17.0. The summed E-state index contributed by atoms with van der Waals surface area (Å²) in [5.74, 6) is -2.26. The normalized spacial score (nSPS) is 12.3. The van der Waals surface area contributed by atoms with E-state index in [4.69, 9.17) is 4.74 Å². The molecule has 0 bridgehead atoms. The maximum atomic E-state index is 14.4. The van der Waals surface area contributed by atoms with Crippen LogP contribution in [-0.4, -0.2) is 59.8 Å². The zero-order valence-corrected chi connectivity index (χ0v) is 29.0. The number of hydrogen-bond acceptors (Lipinski definition) is 5. The standard InChI is InChI=1S/C43H40N4O5/c1-47(41(50)37(45-40(49)30-17-7-3-8-18-30)27-31-29-44-36-26-16-15-25-35(31)36)38(42(51)52-2)28-39(48)46-43(32-19-9-4-10-20-32,33-21-11-5-12-22-33)34-23-13-6-14-24-34/h3-26,29,37-38,44H,27-28H2,1-2H3,(H,45,49)(H,46,48)/t37-,38-/m0/s1. The number of nitrogens with one attached hydrogen (secondary N) is 3. The van der Waals surface area contributed by atoms with Gasteiger partial charge < -0.3 is 25.3 Å². The van der Waals surface area contributed by atoms with Gasteiger partial charge in [0.25, 0.3) is 5.91 Å². The van der Waals surface area contributed by atoms with Crippen LogP contribution in [0.2, 0.25) is 0 Å². The molecule has 52 heavy (non-hydrogen) atoms. The van der Waals surface area contributed by atoms with Crippen molar-refractivity contribution in [1.29, 1.82) is 0 Å². The van der Waals surface area contributed by atoms with Crippen molar-refractivity contribution >= 4 is 34.6 Å². The monoisotopic (exact) mass is 692 g/mol. The summed E-state index contributed by atoms with van der Waals surface area (Å²) in [6.07, 6.45) is 1.53. The van der Waals surface area contributed by atoms with E-state index in [0.29, 0.717) is 5.56 Å². The SMILES string of the molecule is COC(=O)[C@H](CC(=O)NC(c1ccccc1)(c1ccccc1)c1ccccc1)N(C)C(=O)[C@H](Cc1c[nH]c2ccccc12)NC(=O)c1ccccc1. The average Bonchev–Trinajstić information content (AvgIpc) is 3.61. The number of benzene rings is 5. The van der Waals surface area contributed by atoms with Crippen LogP contribution in [0, 0.1) is 0 Å². The Bertz CT molecular complexity index is 2040. The number of rotatable bonds is 13. The van der Waals surface area contributed by atoms with Crippen molar-refractivity contribution in [3.8, 4) is 0 Å². The van der Waals surface area contributed by atoms with E-state index in [1.54, 1.807) is 36.5 Å². The molecule has 0 saturated heterocycles. The molecule has 0 spiro atoms. The van der Waals surface area contributed by atoms with Gasteiger partial charge in [-0.2, -0.15) is 0 Å². The minimum atomic E-state index is -1.31. The highest BCUT2D eigenvalue weighted by Gasteiger charge is 2.40. The summed E-state index contributed by atoms with van der Waals surface area (Å²) in [6.45, 7) is 0. The number of ether oxygens (including phenoxy) is 1. The van der Waals surface area contributed by atoms with E-state index in [1.165, 1.54) is 19.1 Å². The van der Waals surface area contributed by atoms with Gasteiger partial charge in [-0.25, -0.2) is 4.79 Å². The molecule has 0 aliphatic rings. The second-order valence-corrected chi connectivity index (χ2v) is 12.5. The van der Waals surface area contributed by atoms with Gasteiger partial charge in [0.15, 0.2) is 0 Å². The van der Waals surface area contributed by atoms with Crippen LogP contribution in [0.4, 0.5) is 0 Å². The lowest BCUT2D eigenvalue weighted by Gasteiger charge is -2.37. The van der Waals surface area contributed by atoms with Gasteiger partial charge in [-0.1, -0.05) is 127 Å². The van der Waals surface area contributed by atoms with Gasteiger partial charge in [0.1, 0.15) is 17.6 Å². The molecule has 6 rings (SSSR count). The number of aromatic nitrogens is 1. The van der Waals surface area contributed by atoms with Crippen LogP contribution in [-0.2, 0) is 31.1 Å². The number of fused-ring (bicyclic) bond motifs is 1. The lowest BCUT2D eigenvalue weighted by molar-refractivity contribution is -0.154. The summed E-state index contributed by atoms with van der Waals surface area (Å²) in [7, 11) is 2.67. The third-order valence-corrected chi connectivity index (χ3v) is 9.35. The summed E-state index contributed by atoms with van der Waals surface area (Å²) in [6, 6.07) is 42.7. The molecule has 0 radical (unpaired) electrons. The Labute approximate surface area is 302 Å². The van der Waals surface area contributed by atoms with E-state index in [2.05, 4.69) is 15.6 Å². The molecule has 3 amide bonds. The second kappa shape index (κ2) is 16.0. The van der Waals surface area contributed by atoms with Crippen LogP contribution in [0.1, 0.15) is 39.0 Å². The molecule has 2 atom stereocenters. The number of likely N-dealkylation sites (N-methyl/N-ethyl adjacent to an activating group) is 1. The highest BCUT2D eigenvalue weighted by Crippen LogP contribution is 2.37. The van der Waals surface area contributed by atoms with Crippen molar-refractivity contribution < 1.29 is 23.9 Å². The molecule has 5 aromatic carbocycles. The highest BCUT2D eigenvalue weighted by molar-refractivity contribution is 5.99. The van der Waals surface area contributed by atoms with Gasteiger partial charge >= 0.3 is 5.97 Å². The summed E-state index contributed by atoms with van der Waals surface area (Å²) in [5.41, 5.74) is 3.36. The quantitative estimate of drug-likeness (QED) is 0.101. The number of methoxy groups -OCH3 is 1. The second-order valence-electron chi connectivity index (χ2n) is 12.5. The lowest BCUT2D eigenvalue weighted by atomic mass is 9.77. The van der Waals surface area contributed by atoms with Crippen molar-refractivity contribution in [3.05, 3.63) is 180 Å². The first-order chi connectivity index (χ1) is 25.3. The molecule has 1 aromatic heterocycles. The summed E-state index contributed by atoms with van der Waals surface area (Å²) < 4.78 is 5.16. The average molecular weight is 693 g/mol. The van der Waals surface area contributed by atoms with E-state index in [1.807, 2.05) is 115 Å². The number of esters is 1. The number of amides is 3. The topological polar surface area (TPSA) is 121 Å². The first kappa shape index (κ1) is 35.3. The smallest absolute Gasteiger partial charge is 0.329 e. The maximum Gasteiger partial charge on any atom is 0.329 e. The predicted octanol–water partition coefficient (Wildman–Crippen LogP) is 6.01. The molecule has 0 aliphatic heterocycles. The zero-order chi connectivity index (χ0) is 36.5. The number of carbonyl (C=O) groups excluding carboxylic acids is 4. The fourth-order valence-corrected chi connectivity index (χ4v) is 6.68. The van der Waals surface area contributed by atoms with Crippen LogP contribution >= 0.6 is 0 Å².